The topological polar surface area (TPSA) is 54.0 Å². The molecule has 2 aromatic carbocycles. The molecule has 1 aliphatic carbocycles. The van der Waals surface area contributed by atoms with Crippen LogP contribution in [0.2, 0.25) is 0 Å². The number of carbonyl (C=O) groups excluding carboxylic acids is 1. The highest BCUT2D eigenvalue weighted by molar-refractivity contribution is 5.70. The first kappa shape index (κ1) is 22.0. The molecule has 0 aromatic heterocycles. The normalized spacial score (nSPS) is 16.6. The minimum atomic E-state index is -4.73. The first-order chi connectivity index (χ1) is 14.3. The number of hydrogen-bond donors (Lipinski definition) is 0. The highest BCUT2D eigenvalue weighted by Gasteiger charge is 2.35. The third kappa shape index (κ3) is 5.44. The van der Waals surface area contributed by atoms with Gasteiger partial charge in [0.15, 0.2) is 0 Å². The van der Waals surface area contributed by atoms with E-state index in [-0.39, 0.29) is 24.2 Å². The molecule has 0 fully saturated rings. The first-order valence-corrected chi connectivity index (χ1v) is 9.63. The largest absolute Gasteiger partial charge is 0.573 e. The molecular formula is C22H23F3O5. The lowest BCUT2D eigenvalue weighted by Crippen LogP contribution is -2.18. The lowest BCUT2D eigenvalue weighted by atomic mass is 10.1. The average Bonchev–Trinajstić information content (AvgIpc) is 3.11. The van der Waals surface area contributed by atoms with E-state index in [4.69, 9.17) is 14.2 Å². The van der Waals surface area contributed by atoms with Gasteiger partial charge in [-0.1, -0.05) is 24.3 Å². The first-order valence-electron chi connectivity index (χ1n) is 9.63. The Morgan fingerprint density at radius 3 is 2.53 bits per heavy atom. The van der Waals surface area contributed by atoms with Crippen LogP contribution in [0.1, 0.15) is 48.7 Å². The van der Waals surface area contributed by atoms with E-state index in [9.17, 15) is 18.0 Å². The summed E-state index contributed by atoms with van der Waals surface area (Å²) in [5.74, 6) is 0.0316. The predicted molar refractivity (Wildman–Crippen MR) is 102 cm³/mol. The molecular weight excluding hydrogens is 401 g/mol. The monoisotopic (exact) mass is 424 g/mol. The summed E-state index contributed by atoms with van der Waals surface area (Å²) in [4.78, 5) is 11.6. The SMILES string of the molecule is CCO[C@@H](CC(=O)OC)c1ccc(O[C@@H]2CCc3c(OC(F)(F)F)cccc32)cc1. The van der Waals surface area contributed by atoms with E-state index >= 15 is 0 Å². The number of carbonyl (C=O) groups is 1. The molecule has 0 saturated heterocycles. The van der Waals surface area contributed by atoms with Crippen molar-refractivity contribution in [2.45, 2.75) is 44.8 Å². The van der Waals surface area contributed by atoms with E-state index in [0.717, 1.165) is 5.56 Å². The molecule has 162 valence electrons. The van der Waals surface area contributed by atoms with Gasteiger partial charge >= 0.3 is 12.3 Å². The summed E-state index contributed by atoms with van der Waals surface area (Å²) in [7, 11) is 1.33. The smallest absolute Gasteiger partial charge is 0.486 e. The fourth-order valence-electron chi connectivity index (χ4n) is 3.56. The fourth-order valence-corrected chi connectivity index (χ4v) is 3.56. The summed E-state index contributed by atoms with van der Waals surface area (Å²) in [5.41, 5.74) is 2.02. The third-order valence-electron chi connectivity index (χ3n) is 4.88. The molecule has 0 bridgehead atoms. The Morgan fingerprint density at radius 1 is 1.17 bits per heavy atom. The Morgan fingerprint density at radius 2 is 1.90 bits per heavy atom. The van der Waals surface area contributed by atoms with Gasteiger partial charge in [0.1, 0.15) is 17.6 Å². The second-order valence-electron chi connectivity index (χ2n) is 6.81. The zero-order chi connectivity index (χ0) is 21.7. The van der Waals surface area contributed by atoms with Crippen molar-refractivity contribution >= 4 is 5.97 Å². The number of rotatable bonds is 8. The molecule has 0 unspecified atom stereocenters. The number of ether oxygens (including phenoxy) is 4. The van der Waals surface area contributed by atoms with Gasteiger partial charge in [-0.25, -0.2) is 0 Å². The molecule has 0 aliphatic heterocycles. The van der Waals surface area contributed by atoms with Gasteiger partial charge in [-0.2, -0.15) is 0 Å². The summed E-state index contributed by atoms with van der Waals surface area (Å²) in [5, 5.41) is 0. The van der Waals surface area contributed by atoms with Gasteiger partial charge in [0.2, 0.25) is 0 Å². The second kappa shape index (κ2) is 9.38. The van der Waals surface area contributed by atoms with Crippen molar-refractivity contribution in [1.29, 1.82) is 0 Å². The van der Waals surface area contributed by atoms with Gasteiger partial charge in [-0.15, -0.1) is 13.2 Å². The van der Waals surface area contributed by atoms with Gasteiger partial charge in [-0.05, 0) is 49.1 Å². The van der Waals surface area contributed by atoms with E-state index in [2.05, 4.69) is 4.74 Å². The summed E-state index contributed by atoms with van der Waals surface area (Å²) >= 11 is 0. The van der Waals surface area contributed by atoms with E-state index in [1.165, 1.54) is 19.2 Å². The molecule has 8 heteroatoms. The Bertz CT molecular complexity index is 864. The molecule has 30 heavy (non-hydrogen) atoms. The maximum Gasteiger partial charge on any atom is 0.573 e. The average molecular weight is 424 g/mol. The van der Waals surface area contributed by atoms with Gasteiger partial charge in [0.25, 0.3) is 0 Å². The quantitative estimate of drug-likeness (QED) is 0.539. The molecule has 0 saturated carbocycles. The fraction of sp³-hybridized carbons (Fsp3) is 0.409. The van der Waals surface area contributed by atoms with Gasteiger partial charge in [-0.3, -0.25) is 4.79 Å². The molecule has 0 spiro atoms. The van der Waals surface area contributed by atoms with Crippen molar-refractivity contribution in [3.63, 3.8) is 0 Å². The minimum absolute atomic E-state index is 0.0997. The minimum Gasteiger partial charge on any atom is -0.486 e. The number of halogens is 3. The summed E-state index contributed by atoms with van der Waals surface area (Å²) < 4.78 is 58.4. The predicted octanol–water partition coefficient (Wildman–Crippen LogP) is 5.29. The van der Waals surface area contributed by atoms with Crippen LogP contribution in [0, 0.1) is 0 Å². The van der Waals surface area contributed by atoms with Crippen molar-refractivity contribution in [3.8, 4) is 11.5 Å². The summed E-state index contributed by atoms with van der Waals surface area (Å²) in [6.07, 6.45) is -4.42. The molecule has 3 rings (SSSR count). The lowest BCUT2D eigenvalue weighted by molar-refractivity contribution is -0.274. The van der Waals surface area contributed by atoms with Crippen LogP contribution >= 0.6 is 0 Å². The van der Waals surface area contributed by atoms with E-state index in [1.807, 2.05) is 6.92 Å². The third-order valence-corrected chi connectivity index (χ3v) is 4.88. The zero-order valence-electron chi connectivity index (χ0n) is 16.7. The van der Waals surface area contributed by atoms with Crippen LogP contribution < -0.4 is 9.47 Å². The van der Waals surface area contributed by atoms with Crippen LogP contribution in [0.15, 0.2) is 42.5 Å². The summed E-state index contributed by atoms with van der Waals surface area (Å²) in [6, 6.07) is 11.7. The van der Waals surface area contributed by atoms with E-state index in [0.29, 0.717) is 36.3 Å². The zero-order valence-corrected chi connectivity index (χ0v) is 16.7. The standard InChI is InChI=1S/C22H23F3O5/c1-3-28-20(13-21(26)27-2)14-7-9-15(10-8-14)29-18-12-11-17-16(18)5-4-6-19(17)30-22(23,24)25/h4-10,18,20H,3,11-13H2,1-2H3/t18-,20+/m1/s1. The van der Waals surface area contributed by atoms with Crippen LogP contribution in [0.25, 0.3) is 0 Å². The Hall–Kier alpha value is -2.74. The van der Waals surface area contributed by atoms with E-state index < -0.39 is 12.5 Å². The van der Waals surface area contributed by atoms with Gasteiger partial charge in [0.05, 0.1) is 19.6 Å². The molecule has 0 radical (unpaired) electrons. The maximum atomic E-state index is 12.6. The number of methoxy groups -OCH3 is 1. The second-order valence-corrected chi connectivity index (χ2v) is 6.81. The van der Waals surface area contributed by atoms with Crippen molar-refractivity contribution in [2.75, 3.05) is 13.7 Å². The molecule has 5 nitrogen and oxygen atoms in total. The number of alkyl halides is 3. The van der Waals surface area contributed by atoms with Crippen LogP contribution in [-0.2, 0) is 20.7 Å². The van der Waals surface area contributed by atoms with Crippen molar-refractivity contribution < 1.29 is 36.9 Å². The van der Waals surface area contributed by atoms with Crippen LogP contribution in [0.5, 0.6) is 11.5 Å². The van der Waals surface area contributed by atoms with Crippen molar-refractivity contribution in [3.05, 3.63) is 59.2 Å². The Kier molecular flexibility index (Phi) is 6.87. The maximum absolute atomic E-state index is 12.6. The van der Waals surface area contributed by atoms with Gasteiger partial charge < -0.3 is 18.9 Å². The molecule has 0 N–H and O–H groups in total. The molecule has 2 aromatic rings. The molecule has 1 aliphatic rings. The summed E-state index contributed by atoms with van der Waals surface area (Å²) in [6.45, 7) is 2.29. The number of esters is 1. The number of benzene rings is 2. The molecule has 2 atom stereocenters. The lowest BCUT2D eigenvalue weighted by Gasteiger charge is -2.19. The van der Waals surface area contributed by atoms with Gasteiger partial charge in [0, 0.05) is 12.2 Å². The molecule has 0 amide bonds. The Balaban J connectivity index is 1.72. The number of hydrogen-bond acceptors (Lipinski definition) is 5. The van der Waals surface area contributed by atoms with Crippen LogP contribution in [-0.4, -0.2) is 26.0 Å². The molecule has 0 heterocycles. The van der Waals surface area contributed by atoms with Crippen LogP contribution in [0.3, 0.4) is 0 Å². The number of fused-ring (bicyclic) bond motifs is 1. The van der Waals surface area contributed by atoms with Crippen molar-refractivity contribution in [1.82, 2.24) is 0 Å². The van der Waals surface area contributed by atoms with Crippen LogP contribution in [0.4, 0.5) is 13.2 Å². The highest BCUT2D eigenvalue weighted by Crippen LogP contribution is 2.41. The van der Waals surface area contributed by atoms with Crippen molar-refractivity contribution in [2.24, 2.45) is 0 Å². The van der Waals surface area contributed by atoms with E-state index in [1.54, 1.807) is 30.3 Å². The Labute approximate surface area is 172 Å². The highest BCUT2D eigenvalue weighted by atomic mass is 19.4.